The summed E-state index contributed by atoms with van der Waals surface area (Å²) in [5, 5.41) is 3.14. The van der Waals surface area contributed by atoms with Crippen molar-refractivity contribution in [3.63, 3.8) is 0 Å². The van der Waals surface area contributed by atoms with Gasteiger partial charge in [0.25, 0.3) is 0 Å². The molecule has 5 nitrogen and oxygen atoms in total. The molecule has 1 fully saturated rings. The summed E-state index contributed by atoms with van der Waals surface area (Å²) < 4.78 is 0. The van der Waals surface area contributed by atoms with Crippen molar-refractivity contribution in [1.29, 1.82) is 0 Å². The topological polar surface area (TPSA) is 56.9 Å². The Balaban J connectivity index is 0.00000280. The highest BCUT2D eigenvalue weighted by Gasteiger charge is 2.17. The fraction of sp³-hybridized carbons (Fsp3) is 0.409. The lowest BCUT2D eigenvalue weighted by Gasteiger charge is -2.36. The van der Waals surface area contributed by atoms with Gasteiger partial charge < -0.3 is 16.0 Å². The van der Waals surface area contributed by atoms with Gasteiger partial charge in [-0.1, -0.05) is 49.4 Å². The van der Waals surface area contributed by atoms with Gasteiger partial charge in [0.05, 0.1) is 6.54 Å². The van der Waals surface area contributed by atoms with E-state index in [1.54, 1.807) is 0 Å². The molecule has 0 spiro atoms. The Kier molecular flexibility index (Phi) is 9.57. The van der Waals surface area contributed by atoms with Gasteiger partial charge in [0, 0.05) is 45.0 Å². The normalized spacial score (nSPS) is 15.2. The number of nitrogens with two attached hydrogens (primary N) is 1. The molecular weight excluding hydrogens is 461 g/mol. The minimum absolute atomic E-state index is 0. The van der Waals surface area contributed by atoms with Crippen molar-refractivity contribution >= 4 is 35.6 Å². The summed E-state index contributed by atoms with van der Waals surface area (Å²) in [5.41, 5.74) is 9.86. The van der Waals surface area contributed by atoms with E-state index in [0.29, 0.717) is 12.5 Å². The van der Waals surface area contributed by atoms with Crippen molar-refractivity contribution < 1.29 is 0 Å². The third kappa shape index (κ3) is 6.67. The number of guanidine groups is 1. The van der Waals surface area contributed by atoms with E-state index in [-0.39, 0.29) is 24.0 Å². The van der Waals surface area contributed by atoms with Crippen LogP contribution < -0.4 is 16.0 Å². The van der Waals surface area contributed by atoms with Gasteiger partial charge in [-0.25, -0.2) is 4.99 Å². The largest absolute Gasteiger partial charge is 0.370 e. The quantitative estimate of drug-likeness (QED) is 0.353. The molecule has 0 aliphatic carbocycles. The summed E-state index contributed by atoms with van der Waals surface area (Å²) in [6, 6.07) is 19.2. The van der Waals surface area contributed by atoms with Gasteiger partial charge >= 0.3 is 0 Å². The Bertz CT molecular complexity index is 727. The van der Waals surface area contributed by atoms with Gasteiger partial charge in [-0.05, 0) is 29.7 Å². The summed E-state index contributed by atoms with van der Waals surface area (Å²) >= 11 is 0. The molecule has 0 unspecified atom stereocenters. The van der Waals surface area contributed by atoms with E-state index in [4.69, 9.17) is 5.73 Å². The number of anilines is 1. The van der Waals surface area contributed by atoms with Crippen LogP contribution in [-0.2, 0) is 13.1 Å². The van der Waals surface area contributed by atoms with Crippen LogP contribution in [-0.4, -0.2) is 43.6 Å². The van der Waals surface area contributed by atoms with Gasteiger partial charge in [0.2, 0.25) is 0 Å². The van der Waals surface area contributed by atoms with Gasteiger partial charge in [-0.15, -0.1) is 24.0 Å². The summed E-state index contributed by atoms with van der Waals surface area (Å²) in [5.74, 6) is 0.531. The minimum atomic E-state index is 0. The second kappa shape index (κ2) is 11.9. The molecule has 1 aliphatic heterocycles. The fourth-order valence-electron chi connectivity index (χ4n) is 3.39. The number of benzene rings is 2. The predicted molar refractivity (Wildman–Crippen MR) is 129 cm³/mol. The second-order valence-electron chi connectivity index (χ2n) is 7.00. The van der Waals surface area contributed by atoms with Gasteiger partial charge in [0.15, 0.2) is 5.96 Å². The molecule has 1 heterocycles. The van der Waals surface area contributed by atoms with Crippen molar-refractivity contribution in [2.45, 2.75) is 26.4 Å². The molecule has 1 aliphatic rings. The molecule has 28 heavy (non-hydrogen) atoms. The Morgan fingerprint density at radius 3 is 2.29 bits per heavy atom. The molecule has 2 aromatic rings. The number of halogens is 1. The molecule has 0 radical (unpaired) electrons. The summed E-state index contributed by atoms with van der Waals surface area (Å²) in [6.07, 6.45) is 1.04. The van der Waals surface area contributed by atoms with Crippen LogP contribution in [0.25, 0.3) is 0 Å². The fourth-order valence-corrected chi connectivity index (χ4v) is 3.39. The number of hydrogen-bond acceptors (Lipinski definition) is 3. The average molecular weight is 493 g/mol. The van der Waals surface area contributed by atoms with Crippen LogP contribution in [0.15, 0.2) is 59.6 Å². The van der Waals surface area contributed by atoms with Crippen LogP contribution in [0.4, 0.5) is 5.69 Å². The zero-order chi connectivity index (χ0) is 18.9. The van der Waals surface area contributed by atoms with Crippen LogP contribution in [0, 0.1) is 0 Å². The number of nitrogens with one attached hydrogen (secondary N) is 1. The number of rotatable bonds is 7. The van der Waals surface area contributed by atoms with E-state index >= 15 is 0 Å². The van der Waals surface area contributed by atoms with E-state index in [1.807, 2.05) is 0 Å². The number of para-hydroxylation sites is 1. The molecule has 0 amide bonds. The first-order valence-electron chi connectivity index (χ1n) is 9.89. The van der Waals surface area contributed by atoms with E-state index in [9.17, 15) is 0 Å². The maximum atomic E-state index is 5.94. The molecule has 3 N–H and O–H groups in total. The molecule has 152 valence electrons. The lowest BCUT2D eigenvalue weighted by molar-refractivity contribution is 0.249. The third-order valence-electron chi connectivity index (χ3n) is 4.98. The maximum Gasteiger partial charge on any atom is 0.188 e. The molecule has 6 heteroatoms. The van der Waals surface area contributed by atoms with Crippen LogP contribution in [0.3, 0.4) is 0 Å². The van der Waals surface area contributed by atoms with E-state index in [2.05, 4.69) is 81.6 Å². The molecule has 0 bridgehead atoms. The van der Waals surface area contributed by atoms with Gasteiger partial charge in [-0.3, -0.25) is 4.90 Å². The zero-order valence-corrected chi connectivity index (χ0v) is 19.0. The SMILES string of the molecule is CCCNC(N)=NCc1ccccc1CN1CCN(c2ccccc2)CC1.I. The highest BCUT2D eigenvalue weighted by molar-refractivity contribution is 14.0. The number of nitrogens with zero attached hydrogens (tertiary/aromatic N) is 3. The lowest BCUT2D eigenvalue weighted by Crippen LogP contribution is -2.46. The zero-order valence-electron chi connectivity index (χ0n) is 16.7. The van der Waals surface area contributed by atoms with Gasteiger partial charge in [-0.2, -0.15) is 0 Å². The third-order valence-corrected chi connectivity index (χ3v) is 4.98. The van der Waals surface area contributed by atoms with Crippen molar-refractivity contribution in [3.05, 3.63) is 65.7 Å². The maximum absolute atomic E-state index is 5.94. The molecular formula is C22H32IN5. The standard InChI is InChI=1S/C22H31N5.HI/c1-2-12-24-22(23)25-17-19-8-6-7-9-20(19)18-26-13-15-27(16-14-26)21-10-4-3-5-11-21;/h3-11H,2,12-18H2,1H3,(H3,23,24,25);1H. The van der Waals surface area contributed by atoms with E-state index < -0.39 is 0 Å². The first kappa shape index (κ1) is 22.5. The predicted octanol–water partition coefficient (Wildman–Crippen LogP) is 3.44. The smallest absolute Gasteiger partial charge is 0.188 e. The van der Waals surface area contributed by atoms with Crippen LogP contribution in [0.2, 0.25) is 0 Å². The highest BCUT2D eigenvalue weighted by atomic mass is 127. The number of aliphatic imine (C=N–C) groups is 1. The molecule has 2 aromatic carbocycles. The Labute approximate surface area is 186 Å². The summed E-state index contributed by atoms with van der Waals surface area (Å²) in [4.78, 5) is 9.49. The first-order chi connectivity index (χ1) is 13.3. The Hall–Kier alpha value is -1.80. The van der Waals surface area contributed by atoms with Crippen molar-refractivity contribution in [1.82, 2.24) is 10.2 Å². The van der Waals surface area contributed by atoms with Crippen LogP contribution in [0.5, 0.6) is 0 Å². The molecule has 3 rings (SSSR count). The summed E-state index contributed by atoms with van der Waals surface area (Å²) in [7, 11) is 0. The van der Waals surface area contributed by atoms with Crippen molar-refractivity contribution in [2.24, 2.45) is 10.7 Å². The Morgan fingerprint density at radius 2 is 1.61 bits per heavy atom. The van der Waals surface area contributed by atoms with Crippen LogP contribution in [0.1, 0.15) is 24.5 Å². The van der Waals surface area contributed by atoms with E-state index in [1.165, 1.54) is 16.8 Å². The van der Waals surface area contributed by atoms with Gasteiger partial charge in [0.1, 0.15) is 0 Å². The number of hydrogen-bond donors (Lipinski definition) is 2. The van der Waals surface area contributed by atoms with E-state index in [0.717, 1.165) is 45.7 Å². The highest BCUT2D eigenvalue weighted by Crippen LogP contribution is 2.18. The van der Waals surface area contributed by atoms with Crippen molar-refractivity contribution in [3.8, 4) is 0 Å². The second-order valence-corrected chi connectivity index (χ2v) is 7.00. The van der Waals surface area contributed by atoms with Crippen LogP contribution >= 0.6 is 24.0 Å². The van der Waals surface area contributed by atoms with Crippen molar-refractivity contribution in [2.75, 3.05) is 37.6 Å². The molecule has 1 saturated heterocycles. The summed E-state index contributed by atoms with van der Waals surface area (Å²) in [6.45, 7) is 8.87. The number of piperazine rings is 1. The lowest BCUT2D eigenvalue weighted by atomic mass is 10.1. The molecule has 0 atom stereocenters. The minimum Gasteiger partial charge on any atom is -0.370 e. The Morgan fingerprint density at radius 1 is 0.964 bits per heavy atom. The molecule has 0 saturated carbocycles. The first-order valence-corrected chi connectivity index (χ1v) is 9.89. The monoisotopic (exact) mass is 493 g/mol. The average Bonchev–Trinajstić information content (AvgIpc) is 2.73. The molecule has 0 aromatic heterocycles.